The number of piperidine rings is 2. The van der Waals surface area contributed by atoms with Gasteiger partial charge in [0.2, 0.25) is 12.5 Å². The second-order valence-corrected chi connectivity index (χ2v) is 21.6. The Morgan fingerprint density at radius 3 is 2.13 bits per heavy atom. The summed E-state index contributed by atoms with van der Waals surface area (Å²) in [5, 5.41) is 9.55. The SMILES string of the molecule is CCC1C(=O)OCc2c1cc1n(c2=O)Cc2cc3cc(OC(=O)N4CCC(N5CCCCC5)CC4)ccc3nc2-1.COc1cccc(OC)c1OC.C[C@@H]1c2cc3c(cc2[C@H](OC(=O)c2ccc(OCC(=O)O)cc2)C2COC(=O)C21)OCO3. The lowest BCUT2D eigenvalue weighted by molar-refractivity contribution is -0.148. The van der Waals surface area contributed by atoms with E-state index in [-0.39, 0.29) is 61.0 Å². The van der Waals surface area contributed by atoms with Crippen LogP contribution in [0.15, 0.2) is 89.7 Å². The lowest BCUT2D eigenvalue weighted by Gasteiger charge is -2.39. The molecule has 84 heavy (non-hydrogen) atoms. The molecule has 5 atom stereocenters. The minimum absolute atomic E-state index is 0.0141. The molecule has 4 aromatic carbocycles. The van der Waals surface area contributed by atoms with Crippen molar-refractivity contribution in [3.63, 3.8) is 0 Å². The van der Waals surface area contributed by atoms with Gasteiger partial charge >= 0.3 is 30.0 Å². The van der Waals surface area contributed by atoms with E-state index in [2.05, 4.69) is 4.90 Å². The molecule has 1 aliphatic carbocycles. The van der Waals surface area contributed by atoms with Crippen LogP contribution in [-0.4, -0.2) is 128 Å². The Labute approximate surface area is 484 Å². The van der Waals surface area contributed by atoms with Crippen molar-refractivity contribution in [1.29, 1.82) is 0 Å². The number of carboxylic acids is 1. The van der Waals surface area contributed by atoms with Gasteiger partial charge in [-0.1, -0.05) is 26.3 Å². The highest BCUT2D eigenvalue weighted by Crippen LogP contribution is 2.53. The summed E-state index contributed by atoms with van der Waals surface area (Å²) >= 11 is 0. The lowest BCUT2D eigenvalue weighted by Crippen LogP contribution is -2.48. The lowest BCUT2D eigenvalue weighted by atomic mass is 9.69. The van der Waals surface area contributed by atoms with E-state index in [0.29, 0.717) is 64.8 Å². The predicted octanol–water partition coefficient (Wildman–Crippen LogP) is 8.82. The van der Waals surface area contributed by atoms with Crippen LogP contribution in [0.3, 0.4) is 0 Å². The molecule has 6 aromatic rings. The number of fused-ring (bicyclic) bond motifs is 8. The number of aliphatic carboxylic acids is 1. The van der Waals surface area contributed by atoms with Crippen molar-refractivity contribution in [2.75, 3.05) is 67.5 Å². The van der Waals surface area contributed by atoms with Crippen LogP contribution in [0, 0.1) is 11.8 Å². The third kappa shape index (κ3) is 11.4. The van der Waals surface area contributed by atoms with Crippen molar-refractivity contribution < 1.29 is 76.4 Å². The number of likely N-dealkylation sites (tertiary alicyclic amines) is 2. The summed E-state index contributed by atoms with van der Waals surface area (Å²) in [6, 6.07) is 25.2. The molecule has 0 radical (unpaired) electrons. The standard InChI is InChI=1S/C31H34N4O5.C23H20O9.C9H12O3/c1-2-23-24-16-27-28-20(17-35(27)29(36)25(24)18-39-30(23)37)14-19-15-22(6-7-26(19)32-28)40-31(38)34-12-8-21(9-13-34)33-10-4-3-5-11-33;1-11-14-6-17-18(31-10-30-17)7-15(14)21(16-8-29-23(27)20(11)16)32-22(26)12-2-4-13(5-3-12)28-9-19(24)25;1-10-7-5-4-6-8(11-2)9(7)12-3/h6-7,14-16,21,23H,2-5,8-13,17-18H2,1H3;2-7,11,16,20-21H,8-10H2,1H3,(H,24,25);4-6H,1-3H3/t;11-,16?,20?,21+;/m.1./s1. The van der Waals surface area contributed by atoms with Gasteiger partial charge in [0.25, 0.3) is 5.56 Å². The van der Waals surface area contributed by atoms with Gasteiger partial charge < -0.3 is 66.8 Å². The molecule has 8 heterocycles. The number of esters is 3. The summed E-state index contributed by atoms with van der Waals surface area (Å²) in [5.41, 5.74) is 6.27. The smallest absolute Gasteiger partial charge is 0.415 e. The van der Waals surface area contributed by atoms with Crippen LogP contribution < -0.4 is 38.7 Å². The maximum atomic E-state index is 13.4. The number of hydrogen-bond acceptors (Lipinski definition) is 18. The number of pyridine rings is 2. The summed E-state index contributed by atoms with van der Waals surface area (Å²) in [6.45, 7) is 7.90. The number of amides is 1. The number of para-hydroxylation sites is 1. The normalized spacial score (nSPS) is 20.8. The van der Waals surface area contributed by atoms with Gasteiger partial charge in [-0.2, -0.15) is 0 Å². The third-order valence-electron chi connectivity index (χ3n) is 16.9. The first-order valence-electron chi connectivity index (χ1n) is 28.3. The minimum atomic E-state index is -1.09. The number of carbonyl (C=O) groups excluding carboxylic acids is 4. The molecule has 0 saturated carbocycles. The first-order valence-corrected chi connectivity index (χ1v) is 28.3. The number of benzene rings is 4. The molecule has 13 rings (SSSR count). The Morgan fingerprint density at radius 2 is 1.45 bits per heavy atom. The van der Waals surface area contributed by atoms with Gasteiger partial charge in [-0.3, -0.25) is 14.4 Å². The van der Waals surface area contributed by atoms with Gasteiger partial charge in [0.15, 0.2) is 29.6 Å². The fourth-order valence-corrected chi connectivity index (χ4v) is 12.5. The van der Waals surface area contributed by atoms with Gasteiger partial charge in [-0.15, -0.1) is 0 Å². The van der Waals surface area contributed by atoms with Crippen LogP contribution in [0.5, 0.6) is 40.2 Å². The van der Waals surface area contributed by atoms with E-state index in [0.717, 1.165) is 70.5 Å². The summed E-state index contributed by atoms with van der Waals surface area (Å²) < 4.78 is 55.4. The van der Waals surface area contributed by atoms with E-state index < -0.39 is 36.5 Å². The van der Waals surface area contributed by atoms with Crippen molar-refractivity contribution in [2.24, 2.45) is 11.8 Å². The maximum absolute atomic E-state index is 13.4. The Balaban J connectivity index is 0.000000149. The molecule has 1 N–H and O–H groups in total. The monoisotopic (exact) mass is 1150 g/mol. The van der Waals surface area contributed by atoms with Gasteiger partial charge in [0.1, 0.15) is 24.2 Å². The van der Waals surface area contributed by atoms with E-state index in [4.69, 9.17) is 57.5 Å². The number of hydrogen-bond donors (Lipinski definition) is 1. The van der Waals surface area contributed by atoms with Crippen LogP contribution in [-0.2, 0) is 41.7 Å². The van der Waals surface area contributed by atoms with Gasteiger partial charge in [-0.25, -0.2) is 19.4 Å². The average Bonchev–Trinajstić information content (AvgIpc) is 2.68. The fourth-order valence-electron chi connectivity index (χ4n) is 12.5. The molecule has 3 fully saturated rings. The molecule has 2 aromatic heterocycles. The number of ether oxygens (including phenoxy) is 10. The molecule has 0 spiro atoms. The van der Waals surface area contributed by atoms with E-state index in [1.165, 1.54) is 56.6 Å². The zero-order valence-corrected chi connectivity index (χ0v) is 47.4. The summed E-state index contributed by atoms with van der Waals surface area (Å²) in [5.74, 6) is 0.423. The Hall–Kier alpha value is -8.85. The van der Waals surface area contributed by atoms with Gasteiger partial charge in [0, 0.05) is 41.6 Å². The molecule has 3 unspecified atom stereocenters. The highest BCUT2D eigenvalue weighted by Gasteiger charge is 2.52. The first kappa shape index (κ1) is 57.0. The molecule has 21 heteroatoms. The number of carbonyl (C=O) groups is 5. The highest BCUT2D eigenvalue weighted by atomic mass is 16.7. The molecule has 21 nitrogen and oxygen atoms in total. The van der Waals surface area contributed by atoms with Crippen LogP contribution in [0.2, 0.25) is 0 Å². The zero-order valence-electron chi connectivity index (χ0n) is 47.4. The number of cyclic esters (lactones) is 2. The van der Waals surface area contributed by atoms with Crippen molar-refractivity contribution in [1.82, 2.24) is 19.4 Å². The fraction of sp³-hybridized carbons (Fsp3) is 0.413. The zero-order chi connectivity index (χ0) is 58.8. The topological polar surface area (TPSA) is 239 Å². The van der Waals surface area contributed by atoms with Gasteiger partial charge in [0.05, 0.1) is 74.3 Å². The summed E-state index contributed by atoms with van der Waals surface area (Å²) in [7, 11) is 4.77. The molecule has 6 aliphatic heterocycles. The van der Waals surface area contributed by atoms with E-state index in [1.54, 1.807) is 32.0 Å². The number of nitrogens with zero attached hydrogens (tertiary/aromatic N) is 4. The number of rotatable bonds is 11. The molecule has 3 saturated heterocycles. The van der Waals surface area contributed by atoms with Crippen LogP contribution >= 0.6 is 0 Å². The number of carboxylic acid groups (broad SMARTS) is 1. The second kappa shape index (κ2) is 24.5. The van der Waals surface area contributed by atoms with E-state index in [1.807, 2.05) is 73.3 Å². The van der Waals surface area contributed by atoms with Crippen LogP contribution in [0.1, 0.15) is 108 Å². The number of aromatic nitrogens is 2. The third-order valence-corrected chi connectivity index (χ3v) is 16.9. The molecule has 0 bridgehead atoms. The van der Waals surface area contributed by atoms with E-state index in [9.17, 15) is 28.8 Å². The summed E-state index contributed by atoms with van der Waals surface area (Å²) in [6.07, 6.45) is 5.45. The highest BCUT2D eigenvalue weighted by molar-refractivity contribution is 5.90. The Bertz CT molecular complexity index is 3550. The van der Waals surface area contributed by atoms with Gasteiger partial charge in [-0.05, 0) is 141 Å². The maximum Gasteiger partial charge on any atom is 0.415 e. The first-order chi connectivity index (χ1) is 40.7. The van der Waals surface area contributed by atoms with Crippen LogP contribution in [0.25, 0.3) is 22.3 Å². The Kier molecular flexibility index (Phi) is 16.6. The molecule has 440 valence electrons. The van der Waals surface area contributed by atoms with Crippen molar-refractivity contribution in [2.45, 2.75) is 89.5 Å². The largest absolute Gasteiger partial charge is 0.493 e. The van der Waals surface area contributed by atoms with Crippen molar-refractivity contribution in [3.8, 4) is 51.6 Å². The number of methoxy groups -OCH3 is 3. The quantitative estimate of drug-likeness (QED) is 0.0940. The Morgan fingerprint density at radius 1 is 0.750 bits per heavy atom. The molecule has 7 aliphatic rings. The second-order valence-electron chi connectivity index (χ2n) is 21.6. The van der Waals surface area contributed by atoms with E-state index >= 15 is 0 Å². The average molecular weight is 1150 g/mol. The predicted molar refractivity (Wildman–Crippen MR) is 302 cm³/mol. The molecule has 1 amide bonds. The van der Waals surface area contributed by atoms with Crippen LogP contribution in [0.4, 0.5) is 4.79 Å². The minimum Gasteiger partial charge on any atom is -0.493 e. The molecular weight excluding hydrogens is 1080 g/mol. The van der Waals surface area contributed by atoms with Crippen molar-refractivity contribution >= 4 is 40.9 Å². The van der Waals surface area contributed by atoms with Crippen molar-refractivity contribution in [3.05, 3.63) is 129 Å². The summed E-state index contributed by atoms with van der Waals surface area (Å²) in [4.78, 5) is 83.9. The molecular formula is C63H66N4O17.